The maximum absolute atomic E-state index is 6.70. The Morgan fingerprint density at radius 1 is 0.784 bits per heavy atom. The molecule has 8 aromatic rings. The topological polar surface area (TPSA) is 23.0 Å². The number of aromatic nitrogens is 2. The molecule has 0 bridgehead atoms. The summed E-state index contributed by atoms with van der Waals surface area (Å²) in [5, 5.41) is 3.56. The second-order valence-electron chi connectivity index (χ2n) is 19.8. The van der Waals surface area contributed by atoms with E-state index in [1.165, 1.54) is 38.5 Å². The molecule has 0 aliphatic heterocycles. The molecule has 0 N–H and O–H groups in total. The highest BCUT2D eigenvalue weighted by molar-refractivity contribution is 6.16. The third-order valence-electron chi connectivity index (χ3n) is 13.7. The lowest BCUT2D eigenvalue weighted by Gasteiger charge is -2.19. The molecule has 0 radical (unpaired) electrons. The van der Waals surface area contributed by atoms with Gasteiger partial charge in [0.15, 0.2) is 5.58 Å². The summed E-state index contributed by atoms with van der Waals surface area (Å²) in [5.41, 5.74) is 18.0. The van der Waals surface area contributed by atoms with E-state index in [4.69, 9.17) is 4.42 Å². The van der Waals surface area contributed by atoms with Crippen molar-refractivity contribution in [1.29, 1.82) is 0 Å². The first kappa shape index (κ1) is 52.0. The smallest absolute Gasteiger partial charge is 0.159 e. The number of rotatable bonds is 14. The standard InChI is InChI=1S/C68H66N2O.C3H4/c1-9-12-25-48(4)39-40-51(41-43-68(7,8)42-11-3)54-45-55(47-56(46-54)59-33-24-36-63-66(59)60-31-20-21-35-62(60)70(63)57-29-17-15-18-30-57)52-28-22-26-49(5)69(61-34-19-14-16-27-53(61)44-52)64-37-23-32-58-50(6)65(38-13-10-2)71-67(58)64;1-3-2/h9-10,12-13,15-24,26-41,43-47H,2,11,14,25,42H2,1,3-8H3;1H,2H3/b12-9-,28-22?,38-13-,43-41+,48-39+,49-26?,51-40+,52-44?;. The number of furan rings is 1. The first-order valence-electron chi connectivity index (χ1n) is 26.0. The van der Waals surface area contributed by atoms with Crippen LogP contribution in [0, 0.1) is 31.6 Å². The van der Waals surface area contributed by atoms with Crippen LogP contribution in [-0.4, -0.2) is 9.13 Å². The number of para-hydroxylation sites is 3. The molecule has 1 aliphatic carbocycles. The van der Waals surface area contributed by atoms with E-state index in [1.54, 1.807) is 13.0 Å². The quantitative estimate of drug-likeness (QED) is 0.0605. The van der Waals surface area contributed by atoms with Crippen LogP contribution in [0.1, 0.15) is 101 Å². The SMILES string of the molecule is C#CC.C=C/C=C\c1oc2c(-n3c(C)cccc(-c4cc(C(/C=C/C(C)(C)CCC)=C/C=C(\C)C/C=C\C)cc(-c5cccc6c5c5ccccc5n6-c5ccccc5)c4)cc4c3C=CCC=C4)cccc2c1C. The lowest BCUT2D eigenvalue weighted by Crippen LogP contribution is -2.06. The summed E-state index contributed by atoms with van der Waals surface area (Å²) in [5.74, 6) is 3.09. The van der Waals surface area contributed by atoms with Crippen LogP contribution in [0.15, 0.2) is 211 Å². The Hall–Kier alpha value is -8.32. The molecule has 3 heteroatoms. The average molecular weight is 967 g/mol. The van der Waals surface area contributed by atoms with Crippen molar-refractivity contribution in [2.45, 2.75) is 81.1 Å². The van der Waals surface area contributed by atoms with Crippen molar-refractivity contribution in [3.8, 4) is 46.0 Å². The van der Waals surface area contributed by atoms with Gasteiger partial charge in [-0.15, -0.1) is 12.3 Å². The Kier molecular flexibility index (Phi) is 16.8. The van der Waals surface area contributed by atoms with Crippen molar-refractivity contribution in [2.75, 3.05) is 0 Å². The summed E-state index contributed by atoms with van der Waals surface area (Å²) in [4.78, 5) is 0. The predicted octanol–water partition coefficient (Wildman–Crippen LogP) is 20.3. The fraction of sp³-hybridized carbons (Fsp3) is 0.183. The maximum Gasteiger partial charge on any atom is 0.159 e. The van der Waals surface area contributed by atoms with Crippen LogP contribution in [0.2, 0.25) is 0 Å². The number of hydrogen-bond acceptors (Lipinski definition) is 1. The molecule has 0 saturated carbocycles. The molecule has 1 aliphatic rings. The molecule has 0 saturated heterocycles. The van der Waals surface area contributed by atoms with Gasteiger partial charge in [0.2, 0.25) is 0 Å². The van der Waals surface area contributed by atoms with Gasteiger partial charge >= 0.3 is 0 Å². The first-order valence-corrected chi connectivity index (χ1v) is 26.0. The van der Waals surface area contributed by atoms with Crippen LogP contribution in [-0.2, 0) is 0 Å². The summed E-state index contributed by atoms with van der Waals surface area (Å²) in [6, 6.07) is 49.2. The summed E-state index contributed by atoms with van der Waals surface area (Å²) in [7, 11) is 0. The van der Waals surface area contributed by atoms with Crippen LogP contribution >= 0.6 is 0 Å². The second kappa shape index (κ2) is 23.9. The van der Waals surface area contributed by atoms with E-state index in [9.17, 15) is 0 Å². The van der Waals surface area contributed by atoms with Crippen molar-refractivity contribution in [1.82, 2.24) is 9.13 Å². The number of nitrogens with zero attached hydrogens (tertiary/aromatic N) is 2. The molecule has 0 atom stereocenters. The fourth-order valence-electron chi connectivity index (χ4n) is 10.1. The summed E-state index contributed by atoms with van der Waals surface area (Å²) in [6.07, 6.45) is 37.1. The molecule has 3 heterocycles. The number of benzene rings is 5. The molecular weight excluding hydrogens is 897 g/mol. The number of hydrogen-bond donors (Lipinski definition) is 0. The number of terminal acetylenes is 1. The van der Waals surface area contributed by atoms with Gasteiger partial charge in [0, 0.05) is 33.1 Å². The van der Waals surface area contributed by atoms with Crippen molar-refractivity contribution in [3.63, 3.8) is 0 Å². The third-order valence-corrected chi connectivity index (χ3v) is 13.7. The van der Waals surface area contributed by atoms with Gasteiger partial charge in [0.1, 0.15) is 5.76 Å². The Morgan fingerprint density at radius 2 is 1.50 bits per heavy atom. The van der Waals surface area contributed by atoms with Gasteiger partial charge in [0.25, 0.3) is 0 Å². The van der Waals surface area contributed by atoms with Gasteiger partial charge < -0.3 is 13.6 Å². The molecule has 0 fully saturated rings. The Balaban J connectivity index is 0.00000237. The lowest BCUT2D eigenvalue weighted by molar-refractivity contribution is 0.432. The van der Waals surface area contributed by atoms with Crippen LogP contribution < -0.4 is 0 Å². The largest absolute Gasteiger partial charge is 0.454 e. The minimum absolute atomic E-state index is 0.0344. The Labute approximate surface area is 440 Å². The van der Waals surface area contributed by atoms with Crippen molar-refractivity contribution in [2.24, 2.45) is 5.41 Å². The normalized spacial score (nSPS) is 12.9. The van der Waals surface area contributed by atoms with Gasteiger partial charge in [0.05, 0.1) is 22.4 Å². The molecular formula is C71H70N2O. The van der Waals surface area contributed by atoms with E-state index >= 15 is 0 Å². The number of aryl methyl sites for hydroxylation is 2. The van der Waals surface area contributed by atoms with Crippen molar-refractivity contribution >= 4 is 56.6 Å². The van der Waals surface area contributed by atoms with E-state index in [0.717, 1.165) is 98.6 Å². The first-order chi connectivity index (χ1) is 36.0. The van der Waals surface area contributed by atoms with E-state index in [1.807, 2.05) is 12.2 Å². The molecule has 0 amide bonds. The predicted molar refractivity (Wildman–Crippen MR) is 323 cm³/mol. The Bertz CT molecular complexity index is 3670. The maximum atomic E-state index is 6.70. The molecule has 0 spiro atoms. The molecule has 74 heavy (non-hydrogen) atoms. The fourth-order valence-corrected chi connectivity index (χ4v) is 10.1. The molecule has 3 nitrogen and oxygen atoms in total. The van der Waals surface area contributed by atoms with Gasteiger partial charge in [-0.05, 0) is 171 Å². The van der Waals surface area contributed by atoms with E-state index < -0.39 is 0 Å². The number of allylic oxidation sites excluding steroid dienone is 12. The zero-order valence-corrected chi connectivity index (χ0v) is 44.6. The van der Waals surface area contributed by atoms with Gasteiger partial charge in [-0.1, -0.05) is 179 Å². The highest BCUT2D eigenvalue weighted by Crippen LogP contribution is 2.42. The lowest BCUT2D eigenvalue weighted by atomic mass is 9.86. The highest BCUT2D eigenvalue weighted by Gasteiger charge is 2.20. The van der Waals surface area contributed by atoms with Gasteiger partial charge in [-0.3, -0.25) is 0 Å². The molecule has 370 valence electrons. The number of fused-ring (bicyclic) bond motifs is 5. The minimum Gasteiger partial charge on any atom is -0.454 e. The third kappa shape index (κ3) is 11.5. The summed E-state index contributed by atoms with van der Waals surface area (Å²) in [6.45, 7) is 21.2. The van der Waals surface area contributed by atoms with E-state index in [-0.39, 0.29) is 5.41 Å². The molecule has 5 aromatic carbocycles. The van der Waals surface area contributed by atoms with Crippen molar-refractivity contribution in [3.05, 3.63) is 240 Å². The highest BCUT2D eigenvalue weighted by atomic mass is 16.3. The zero-order valence-electron chi connectivity index (χ0n) is 44.6. The molecule has 0 unspecified atom stereocenters. The molecule has 3 aromatic heterocycles. The van der Waals surface area contributed by atoms with Crippen LogP contribution in [0.25, 0.3) is 90.2 Å². The second-order valence-corrected chi connectivity index (χ2v) is 19.8. The average Bonchev–Trinajstić information content (AvgIpc) is 3.85. The molecule has 9 rings (SSSR count). The van der Waals surface area contributed by atoms with E-state index in [2.05, 4.69) is 271 Å². The van der Waals surface area contributed by atoms with Gasteiger partial charge in [-0.25, -0.2) is 0 Å². The minimum atomic E-state index is 0.0344. The van der Waals surface area contributed by atoms with Crippen molar-refractivity contribution < 1.29 is 4.42 Å². The monoisotopic (exact) mass is 967 g/mol. The van der Waals surface area contributed by atoms with Crippen LogP contribution in [0.5, 0.6) is 0 Å². The summed E-state index contributed by atoms with van der Waals surface area (Å²) >= 11 is 0. The van der Waals surface area contributed by atoms with Crippen LogP contribution in [0.3, 0.4) is 0 Å². The van der Waals surface area contributed by atoms with Gasteiger partial charge in [-0.2, -0.15) is 0 Å². The Morgan fingerprint density at radius 3 is 2.28 bits per heavy atom. The van der Waals surface area contributed by atoms with Crippen LogP contribution in [0.4, 0.5) is 0 Å². The summed E-state index contributed by atoms with van der Waals surface area (Å²) < 4.78 is 11.5. The zero-order chi connectivity index (χ0) is 52.2. The van der Waals surface area contributed by atoms with E-state index in [0.29, 0.717) is 0 Å².